The van der Waals surface area contributed by atoms with Crippen LogP contribution in [-0.4, -0.2) is 38.8 Å². The van der Waals surface area contributed by atoms with Gasteiger partial charge >= 0.3 is 0 Å². The van der Waals surface area contributed by atoms with Crippen LogP contribution in [0.25, 0.3) is 0 Å². The van der Waals surface area contributed by atoms with E-state index in [4.69, 9.17) is 10.5 Å². The molecule has 0 spiro atoms. The van der Waals surface area contributed by atoms with Gasteiger partial charge in [0.05, 0.1) is 6.54 Å². The summed E-state index contributed by atoms with van der Waals surface area (Å²) < 4.78 is 5.04. The summed E-state index contributed by atoms with van der Waals surface area (Å²) in [6.45, 7) is 3.21. The zero-order valence-electron chi connectivity index (χ0n) is 10.5. The molecule has 1 heterocycles. The molecular formula is C13H20N2OS. The van der Waals surface area contributed by atoms with Gasteiger partial charge in [0.25, 0.3) is 0 Å². The zero-order valence-corrected chi connectivity index (χ0v) is 11.3. The van der Waals surface area contributed by atoms with E-state index >= 15 is 0 Å². The molecule has 0 aliphatic heterocycles. The first-order chi connectivity index (χ1) is 8.27. The largest absolute Gasteiger partial charge is 0.385 e. The van der Waals surface area contributed by atoms with Crippen molar-refractivity contribution in [3.63, 3.8) is 0 Å². The van der Waals surface area contributed by atoms with Crippen LogP contribution in [0.4, 0.5) is 0 Å². The summed E-state index contributed by atoms with van der Waals surface area (Å²) >= 11 is 1.75. The Bertz CT molecular complexity index is 378. The van der Waals surface area contributed by atoms with Crippen LogP contribution in [0.5, 0.6) is 0 Å². The quantitative estimate of drug-likeness (QED) is 0.616. The molecule has 0 aliphatic carbocycles. The lowest BCUT2D eigenvalue weighted by molar-refractivity contribution is 0.178. The van der Waals surface area contributed by atoms with Crippen molar-refractivity contribution in [1.82, 2.24) is 4.90 Å². The average Bonchev–Trinajstić information content (AvgIpc) is 2.74. The monoisotopic (exact) mass is 252 g/mol. The van der Waals surface area contributed by atoms with Gasteiger partial charge in [-0.15, -0.1) is 11.3 Å². The molecule has 1 aromatic rings. The highest BCUT2D eigenvalue weighted by molar-refractivity contribution is 7.10. The third-order valence-electron chi connectivity index (χ3n) is 2.37. The summed E-state index contributed by atoms with van der Waals surface area (Å²) in [4.78, 5) is 3.60. The van der Waals surface area contributed by atoms with E-state index in [1.165, 1.54) is 4.88 Å². The van der Waals surface area contributed by atoms with E-state index in [9.17, 15) is 0 Å². The van der Waals surface area contributed by atoms with E-state index in [0.29, 0.717) is 6.54 Å². The predicted molar refractivity (Wildman–Crippen MR) is 73.1 cm³/mol. The minimum absolute atomic E-state index is 0.416. The molecule has 94 valence electrons. The topological polar surface area (TPSA) is 38.5 Å². The van der Waals surface area contributed by atoms with Crippen molar-refractivity contribution in [2.75, 3.05) is 33.9 Å². The van der Waals surface area contributed by atoms with E-state index < -0.39 is 0 Å². The fraction of sp³-hybridized carbons (Fsp3) is 0.538. The van der Waals surface area contributed by atoms with Gasteiger partial charge in [-0.25, -0.2) is 0 Å². The Kier molecular flexibility index (Phi) is 6.90. The Labute approximate surface area is 108 Å². The number of thiophene rings is 1. The normalized spacial score (nSPS) is 10.4. The lowest BCUT2D eigenvalue weighted by atomic mass is 10.2. The highest BCUT2D eigenvalue weighted by Gasteiger charge is 2.05. The van der Waals surface area contributed by atoms with Crippen molar-refractivity contribution in [3.8, 4) is 11.8 Å². The Balaban J connectivity index is 2.47. The van der Waals surface area contributed by atoms with Crippen LogP contribution in [0.15, 0.2) is 11.4 Å². The van der Waals surface area contributed by atoms with Crippen LogP contribution in [0.3, 0.4) is 0 Å². The average molecular weight is 252 g/mol. The lowest BCUT2D eigenvalue weighted by Crippen LogP contribution is -2.20. The smallest absolute Gasteiger partial charge is 0.0555 e. The summed E-state index contributed by atoms with van der Waals surface area (Å²) in [5.41, 5.74) is 6.49. The predicted octanol–water partition coefficient (Wildman–Crippen LogP) is 1.53. The van der Waals surface area contributed by atoms with Crippen molar-refractivity contribution < 1.29 is 4.74 Å². The number of nitrogens with zero attached hydrogens (tertiary/aromatic N) is 1. The molecule has 0 fully saturated rings. The second-order valence-electron chi connectivity index (χ2n) is 3.85. The first-order valence-electron chi connectivity index (χ1n) is 5.70. The molecule has 1 aromatic heterocycles. The SMILES string of the molecule is COCCCN(C)Cc1sccc1C#CCN. The lowest BCUT2D eigenvalue weighted by Gasteiger charge is -2.15. The van der Waals surface area contributed by atoms with Crippen LogP contribution in [0.1, 0.15) is 16.9 Å². The zero-order chi connectivity index (χ0) is 12.5. The molecule has 0 radical (unpaired) electrons. The van der Waals surface area contributed by atoms with Gasteiger partial charge in [0, 0.05) is 37.2 Å². The van der Waals surface area contributed by atoms with Gasteiger partial charge < -0.3 is 15.4 Å². The highest BCUT2D eigenvalue weighted by atomic mass is 32.1. The second-order valence-corrected chi connectivity index (χ2v) is 4.85. The molecule has 0 saturated carbocycles. The van der Waals surface area contributed by atoms with Gasteiger partial charge in [0.2, 0.25) is 0 Å². The van der Waals surface area contributed by atoms with E-state index in [0.717, 1.165) is 31.7 Å². The van der Waals surface area contributed by atoms with Crippen molar-refractivity contribution in [3.05, 3.63) is 21.9 Å². The van der Waals surface area contributed by atoms with E-state index in [-0.39, 0.29) is 0 Å². The van der Waals surface area contributed by atoms with Crippen molar-refractivity contribution in [1.29, 1.82) is 0 Å². The van der Waals surface area contributed by atoms with E-state index in [1.54, 1.807) is 18.4 Å². The maximum Gasteiger partial charge on any atom is 0.0555 e. The third kappa shape index (κ3) is 5.33. The van der Waals surface area contributed by atoms with Crippen LogP contribution in [0, 0.1) is 11.8 Å². The van der Waals surface area contributed by atoms with Gasteiger partial charge in [0.1, 0.15) is 0 Å². The molecule has 0 saturated heterocycles. The number of hydrogen-bond acceptors (Lipinski definition) is 4. The van der Waals surface area contributed by atoms with Crippen LogP contribution < -0.4 is 5.73 Å². The first-order valence-corrected chi connectivity index (χ1v) is 6.58. The van der Waals surface area contributed by atoms with Crippen molar-refractivity contribution in [2.45, 2.75) is 13.0 Å². The van der Waals surface area contributed by atoms with Gasteiger partial charge in [-0.1, -0.05) is 11.8 Å². The molecule has 3 nitrogen and oxygen atoms in total. The van der Waals surface area contributed by atoms with Crippen molar-refractivity contribution in [2.24, 2.45) is 5.73 Å². The molecule has 0 unspecified atom stereocenters. The fourth-order valence-electron chi connectivity index (χ4n) is 1.52. The van der Waals surface area contributed by atoms with Crippen LogP contribution in [0.2, 0.25) is 0 Å². The van der Waals surface area contributed by atoms with Gasteiger partial charge in [-0.3, -0.25) is 0 Å². The summed E-state index contributed by atoms with van der Waals surface area (Å²) in [5, 5.41) is 2.08. The fourth-order valence-corrected chi connectivity index (χ4v) is 2.43. The number of nitrogens with two attached hydrogens (primary N) is 1. The third-order valence-corrected chi connectivity index (χ3v) is 3.28. The Morgan fingerprint density at radius 2 is 2.35 bits per heavy atom. The molecule has 17 heavy (non-hydrogen) atoms. The Morgan fingerprint density at radius 3 is 3.06 bits per heavy atom. The summed E-state index contributed by atoms with van der Waals surface area (Å²) in [6, 6.07) is 2.06. The highest BCUT2D eigenvalue weighted by Crippen LogP contribution is 2.17. The first kappa shape index (κ1) is 14.2. The number of rotatable bonds is 6. The van der Waals surface area contributed by atoms with E-state index in [1.807, 2.05) is 0 Å². The van der Waals surface area contributed by atoms with Crippen molar-refractivity contribution >= 4 is 11.3 Å². The molecule has 0 amide bonds. The molecule has 4 heteroatoms. The summed E-state index contributed by atoms with van der Waals surface area (Å²) in [5.74, 6) is 6.01. The van der Waals surface area contributed by atoms with Crippen LogP contribution >= 0.6 is 11.3 Å². The maximum absolute atomic E-state index is 5.38. The van der Waals surface area contributed by atoms with E-state index in [2.05, 4.69) is 35.2 Å². The molecular weight excluding hydrogens is 232 g/mol. The molecule has 0 aromatic carbocycles. The summed E-state index contributed by atoms with van der Waals surface area (Å²) in [7, 11) is 3.86. The second kappa shape index (κ2) is 8.26. The maximum atomic E-state index is 5.38. The molecule has 1 rings (SSSR count). The standard InChI is InChI=1S/C13H20N2OS/c1-15(8-4-9-16-2)11-13-12(5-3-7-14)6-10-17-13/h6,10H,4,7-9,11,14H2,1-2H3. The molecule has 0 bridgehead atoms. The number of methoxy groups -OCH3 is 1. The van der Waals surface area contributed by atoms with Gasteiger partial charge in [-0.05, 0) is 24.9 Å². The molecule has 2 N–H and O–H groups in total. The van der Waals surface area contributed by atoms with Gasteiger partial charge in [0.15, 0.2) is 0 Å². The molecule has 0 atom stereocenters. The molecule has 0 aliphatic rings. The van der Waals surface area contributed by atoms with Crippen LogP contribution in [-0.2, 0) is 11.3 Å². The minimum Gasteiger partial charge on any atom is -0.385 e. The Morgan fingerprint density at radius 1 is 1.53 bits per heavy atom. The summed E-state index contributed by atoms with van der Waals surface area (Å²) in [6.07, 6.45) is 1.06. The number of ether oxygens (including phenoxy) is 1. The van der Waals surface area contributed by atoms with Gasteiger partial charge in [-0.2, -0.15) is 0 Å². The minimum atomic E-state index is 0.416. The number of hydrogen-bond donors (Lipinski definition) is 1. The Hall–Kier alpha value is -0.860.